The summed E-state index contributed by atoms with van der Waals surface area (Å²) in [6, 6.07) is 0. The number of hydrogen-bond donors (Lipinski definition) is 1. The highest BCUT2D eigenvalue weighted by molar-refractivity contribution is 7.47. The SMILES string of the molecule is CC/C=C\C/C=C\C/C=C\C/C=C\CCCCCCCCCCCCC(=O)OC(COC(=O)CCCCCCCCCCC/C=C\CCCCCCCCCC)COP(=O)(O)OCC[N+](C)(C)C. The molecule has 0 bridgehead atoms. The first-order valence-corrected chi connectivity index (χ1v) is 29.5. The number of hydrogen-bond acceptors (Lipinski definition) is 7. The van der Waals surface area contributed by atoms with Gasteiger partial charge in [-0.05, 0) is 77.0 Å². The lowest BCUT2D eigenvalue weighted by molar-refractivity contribution is -0.870. The molecule has 0 aromatic carbocycles. The lowest BCUT2D eigenvalue weighted by Crippen LogP contribution is -2.37. The Hall–Kier alpha value is -2.29. The minimum absolute atomic E-state index is 0.0291. The molecule has 0 heterocycles. The van der Waals surface area contributed by atoms with Crippen LogP contribution in [0, 0.1) is 0 Å². The van der Waals surface area contributed by atoms with Crippen molar-refractivity contribution < 1.29 is 42.1 Å². The highest BCUT2D eigenvalue weighted by Gasteiger charge is 2.27. The van der Waals surface area contributed by atoms with Crippen LogP contribution < -0.4 is 0 Å². The van der Waals surface area contributed by atoms with E-state index in [4.69, 9.17) is 18.5 Å². The Morgan fingerprint density at radius 3 is 1.26 bits per heavy atom. The normalized spacial score (nSPS) is 13.8. The van der Waals surface area contributed by atoms with Crippen LogP contribution in [-0.2, 0) is 32.7 Å². The van der Waals surface area contributed by atoms with Gasteiger partial charge in [-0.2, -0.15) is 0 Å². The quantitative estimate of drug-likeness (QED) is 0.0211. The van der Waals surface area contributed by atoms with E-state index in [0.717, 1.165) is 70.6 Å². The molecule has 0 radical (unpaired) electrons. The van der Waals surface area contributed by atoms with Gasteiger partial charge in [0.25, 0.3) is 0 Å². The molecule has 2 unspecified atom stereocenters. The Morgan fingerprint density at radius 2 is 0.838 bits per heavy atom. The number of phosphoric acid groups is 1. The molecule has 1 N–H and O–H groups in total. The Morgan fingerprint density at radius 1 is 0.471 bits per heavy atom. The van der Waals surface area contributed by atoms with Gasteiger partial charge in [-0.3, -0.25) is 18.6 Å². The number of allylic oxidation sites excluding steroid dienone is 10. The van der Waals surface area contributed by atoms with Crippen molar-refractivity contribution in [1.82, 2.24) is 0 Å². The summed E-state index contributed by atoms with van der Waals surface area (Å²) in [4.78, 5) is 35.7. The molecule has 0 aliphatic heterocycles. The zero-order valence-electron chi connectivity index (χ0n) is 44.8. The second-order valence-electron chi connectivity index (χ2n) is 19.9. The molecule has 0 fully saturated rings. The van der Waals surface area contributed by atoms with Gasteiger partial charge in [-0.25, -0.2) is 4.57 Å². The van der Waals surface area contributed by atoms with Crippen LogP contribution in [0.1, 0.15) is 245 Å². The van der Waals surface area contributed by atoms with E-state index in [1.54, 1.807) is 0 Å². The monoisotopic (exact) mass is 977 g/mol. The second-order valence-corrected chi connectivity index (χ2v) is 21.4. The number of esters is 2. The highest BCUT2D eigenvalue weighted by atomic mass is 31.2. The fourth-order valence-electron chi connectivity index (χ4n) is 7.71. The molecule has 0 aromatic heterocycles. The van der Waals surface area contributed by atoms with Gasteiger partial charge in [-0.15, -0.1) is 0 Å². The van der Waals surface area contributed by atoms with Crippen molar-refractivity contribution in [3.05, 3.63) is 60.8 Å². The van der Waals surface area contributed by atoms with E-state index in [1.165, 1.54) is 141 Å². The van der Waals surface area contributed by atoms with Gasteiger partial charge in [0.2, 0.25) is 0 Å². The molecule has 0 saturated heterocycles. The summed E-state index contributed by atoms with van der Waals surface area (Å²) >= 11 is 0. The van der Waals surface area contributed by atoms with Crippen LogP contribution in [0.5, 0.6) is 0 Å². The maximum absolute atomic E-state index is 12.8. The minimum Gasteiger partial charge on any atom is -0.462 e. The third kappa shape index (κ3) is 53.1. The molecule has 9 nitrogen and oxygen atoms in total. The second kappa shape index (κ2) is 49.7. The summed E-state index contributed by atoms with van der Waals surface area (Å²) in [6.45, 7) is 4.33. The molecule has 0 aromatic rings. The summed E-state index contributed by atoms with van der Waals surface area (Å²) in [5.74, 6) is -0.800. The first kappa shape index (κ1) is 65.7. The van der Waals surface area contributed by atoms with Crippen LogP contribution >= 0.6 is 7.82 Å². The van der Waals surface area contributed by atoms with E-state index in [9.17, 15) is 19.0 Å². The number of carbonyl (C=O) groups excluding carboxylic acids is 2. The lowest BCUT2D eigenvalue weighted by atomic mass is 10.0. The average molecular weight is 977 g/mol. The van der Waals surface area contributed by atoms with Crippen LogP contribution in [0.4, 0.5) is 0 Å². The van der Waals surface area contributed by atoms with Gasteiger partial charge in [0.1, 0.15) is 19.8 Å². The van der Waals surface area contributed by atoms with Gasteiger partial charge in [0, 0.05) is 12.8 Å². The van der Waals surface area contributed by atoms with E-state index in [1.807, 2.05) is 21.1 Å². The fourth-order valence-corrected chi connectivity index (χ4v) is 8.45. The molecule has 0 amide bonds. The summed E-state index contributed by atoms with van der Waals surface area (Å²) in [5.41, 5.74) is 0. The van der Waals surface area contributed by atoms with Crippen molar-refractivity contribution in [2.75, 3.05) is 47.5 Å². The molecule has 0 spiro atoms. The first-order valence-electron chi connectivity index (χ1n) is 28.0. The molecule has 396 valence electrons. The highest BCUT2D eigenvalue weighted by Crippen LogP contribution is 2.43. The van der Waals surface area contributed by atoms with E-state index < -0.39 is 26.5 Å². The topological polar surface area (TPSA) is 108 Å². The smallest absolute Gasteiger partial charge is 0.462 e. The largest absolute Gasteiger partial charge is 0.472 e. The molecule has 2 atom stereocenters. The molecule has 0 saturated carbocycles. The van der Waals surface area contributed by atoms with Crippen molar-refractivity contribution in [1.29, 1.82) is 0 Å². The number of ether oxygens (including phenoxy) is 2. The van der Waals surface area contributed by atoms with Gasteiger partial charge >= 0.3 is 19.8 Å². The minimum atomic E-state index is -4.39. The predicted molar refractivity (Wildman–Crippen MR) is 289 cm³/mol. The zero-order chi connectivity index (χ0) is 49.9. The first-order chi connectivity index (χ1) is 33.0. The molecule has 0 rings (SSSR count). The number of quaternary nitrogens is 1. The Labute approximate surface area is 419 Å². The maximum Gasteiger partial charge on any atom is 0.472 e. The van der Waals surface area contributed by atoms with Gasteiger partial charge < -0.3 is 18.9 Å². The summed E-state index contributed by atoms with van der Waals surface area (Å²) < 4.78 is 34.5. The molecular weight excluding hydrogens is 870 g/mol. The molecular formula is C58H107NO8P+. The maximum atomic E-state index is 12.8. The average Bonchev–Trinajstić information content (AvgIpc) is 3.30. The number of carbonyl (C=O) groups is 2. The van der Waals surface area contributed by atoms with Gasteiger partial charge in [0.05, 0.1) is 27.7 Å². The van der Waals surface area contributed by atoms with Crippen LogP contribution in [0.25, 0.3) is 0 Å². The Bertz CT molecular complexity index is 1340. The number of likely N-dealkylation sites (N-methyl/N-ethyl adjacent to an activating group) is 1. The fraction of sp³-hybridized carbons (Fsp3) is 0.793. The van der Waals surface area contributed by atoms with Crippen molar-refractivity contribution >= 4 is 19.8 Å². The molecule has 68 heavy (non-hydrogen) atoms. The summed E-state index contributed by atoms with van der Waals surface area (Å²) in [7, 11) is 1.47. The third-order valence-corrected chi connectivity index (χ3v) is 13.0. The van der Waals surface area contributed by atoms with Crippen molar-refractivity contribution in [2.24, 2.45) is 0 Å². The summed E-state index contributed by atoms with van der Waals surface area (Å²) in [5, 5.41) is 0. The van der Waals surface area contributed by atoms with E-state index in [-0.39, 0.29) is 32.0 Å². The summed E-state index contributed by atoms with van der Waals surface area (Å²) in [6.07, 6.45) is 62.8. The Kier molecular flexibility index (Phi) is 48.0. The number of unbranched alkanes of at least 4 members (excludes halogenated alkanes) is 27. The molecule has 0 aliphatic carbocycles. The van der Waals surface area contributed by atoms with E-state index in [2.05, 4.69) is 74.6 Å². The van der Waals surface area contributed by atoms with Crippen LogP contribution in [0.3, 0.4) is 0 Å². The van der Waals surface area contributed by atoms with Crippen LogP contribution in [0.2, 0.25) is 0 Å². The van der Waals surface area contributed by atoms with E-state index >= 15 is 0 Å². The third-order valence-electron chi connectivity index (χ3n) is 12.0. The molecule has 0 aliphatic rings. The van der Waals surface area contributed by atoms with Crippen LogP contribution in [0.15, 0.2) is 60.8 Å². The standard InChI is InChI=1S/C58H106NO8P/c1-6-8-10-12-14-16-18-20-22-24-26-28-29-31-33-35-37-39-41-43-45-47-49-51-58(61)67-56(55-66-68(62,63)65-53-52-59(3,4)5)54-64-57(60)50-48-46-44-42-40-38-36-34-32-30-27-25-23-21-19-17-15-13-11-9-7-2/h8,10,14,16,20,22,25-28,56H,6-7,9,11-13,15,17-19,21,23-24,29-55H2,1-5H3/p+1/b10-8-,16-14-,22-20-,27-25-,28-26-. The van der Waals surface area contributed by atoms with Crippen molar-refractivity contribution in [3.8, 4) is 0 Å². The Balaban J connectivity index is 4.20. The van der Waals surface area contributed by atoms with Gasteiger partial charge in [0.15, 0.2) is 6.10 Å². The van der Waals surface area contributed by atoms with E-state index in [0.29, 0.717) is 17.4 Å². The zero-order valence-corrected chi connectivity index (χ0v) is 45.7. The van der Waals surface area contributed by atoms with Crippen LogP contribution in [-0.4, -0.2) is 74.9 Å². The lowest BCUT2D eigenvalue weighted by Gasteiger charge is -2.24. The predicted octanol–water partition coefficient (Wildman–Crippen LogP) is 17.1. The number of rotatable bonds is 51. The van der Waals surface area contributed by atoms with Crippen molar-refractivity contribution in [2.45, 2.75) is 251 Å². The number of nitrogens with zero attached hydrogens (tertiary/aromatic N) is 1. The molecule has 10 heteroatoms. The van der Waals surface area contributed by atoms with Crippen molar-refractivity contribution in [3.63, 3.8) is 0 Å². The number of phosphoric ester groups is 1. The van der Waals surface area contributed by atoms with Gasteiger partial charge in [-0.1, -0.05) is 216 Å².